The van der Waals surface area contributed by atoms with Gasteiger partial charge in [-0.2, -0.15) is 0 Å². The van der Waals surface area contributed by atoms with E-state index in [1.165, 1.54) is 135 Å². The van der Waals surface area contributed by atoms with Crippen LogP contribution in [-0.2, 0) is 22.4 Å². The van der Waals surface area contributed by atoms with Crippen LogP contribution < -0.4 is 0 Å². The van der Waals surface area contributed by atoms with Crippen molar-refractivity contribution in [3.8, 4) is 19.5 Å². The van der Waals surface area contributed by atoms with Crippen LogP contribution in [0.25, 0.3) is 30.7 Å². The molecule has 0 atom stereocenters. The average Bonchev–Trinajstić information content (AvgIpc) is 3.85. The number of thiophene rings is 4. The lowest BCUT2D eigenvalue weighted by Gasteiger charge is -2.07. The van der Waals surface area contributed by atoms with E-state index in [-0.39, 0.29) is 5.97 Å². The number of aryl methyl sites for hydroxylation is 3. The second-order valence-electron chi connectivity index (χ2n) is 12.2. The fourth-order valence-electron chi connectivity index (χ4n) is 6.40. The highest BCUT2D eigenvalue weighted by Crippen LogP contribution is 2.48. The molecule has 4 aromatic heterocycles. The quantitative estimate of drug-likeness (QED) is 0.0829. The maximum absolute atomic E-state index is 11.7. The minimum absolute atomic E-state index is 0.180. The molecule has 0 bridgehead atoms. The van der Waals surface area contributed by atoms with E-state index < -0.39 is 0 Å². The second-order valence-corrected chi connectivity index (χ2v) is 17.0. The van der Waals surface area contributed by atoms with Crippen molar-refractivity contribution in [1.82, 2.24) is 0 Å². The fraction of sp³-hybridized carbons (Fsp3) is 0.500. The number of hydrogen-bond acceptors (Lipinski definition) is 6. The summed E-state index contributed by atoms with van der Waals surface area (Å²) in [4.78, 5) is 22.6. The standard InChI is InChI=1S/C38H48O2S4/c1-5-6-7-8-9-10-11-12-13-14-16-28-19-21-34(43-28)36-24-32(26(2)41-36)30-17-15-18-31(30)33-25-37(42-27(33)3)35-22-20-29(44-35)23-38(39)40-4/h19-22,24-25H,5-18,23H2,1-4H3. The van der Waals surface area contributed by atoms with Gasteiger partial charge in [-0.1, -0.05) is 64.7 Å². The number of carbonyl (C=O) groups is 1. The highest BCUT2D eigenvalue weighted by molar-refractivity contribution is 7.22. The summed E-state index contributed by atoms with van der Waals surface area (Å²) in [5, 5.41) is 0. The van der Waals surface area contributed by atoms with Gasteiger partial charge in [-0.25, -0.2) is 0 Å². The maximum atomic E-state index is 11.7. The molecule has 0 amide bonds. The summed E-state index contributed by atoms with van der Waals surface area (Å²) in [7, 11) is 1.45. The van der Waals surface area contributed by atoms with E-state index >= 15 is 0 Å². The van der Waals surface area contributed by atoms with Gasteiger partial charge in [0.25, 0.3) is 0 Å². The monoisotopic (exact) mass is 664 g/mol. The van der Waals surface area contributed by atoms with Crippen molar-refractivity contribution in [2.24, 2.45) is 0 Å². The van der Waals surface area contributed by atoms with Crippen LogP contribution in [-0.4, -0.2) is 13.1 Å². The molecular weight excluding hydrogens is 617 g/mol. The van der Waals surface area contributed by atoms with Gasteiger partial charge >= 0.3 is 5.97 Å². The van der Waals surface area contributed by atoms with Crippen LogP contribution in [0.4, 0.5) is 0 Å². The van der Waals surface area contributed by atoms with Gasteiger partial charge < -0.3 is 4.74 Å². The summed E-state index contributed by atoms with van der Waals surface area (Å²) in [6.45, 7) is 6.87. The summed E-state index contributed by atoms with van der Waals surface area (Å²) in [5.41, 5.74) is 5.97. The molecule has 1 aliphatic carbocycles. The van der Waals surface area contributed by atoms with Crippen LogP contribution >= 0.6 is 45.3 Å². The molecule has 0 N–H and O–H groups in total. The molecule has 1 aliphatic rings. The van der Waals surface area contributed by atoms with Gasteiger partial charge in [-0.3, -0.25) is 4.79 Å². The Balaban J connectivity index is 1.21. The number of methoxy groups -OCH3 is 1. The SMILES string of the molecule is CCCCCCCCCCCCc1ccc(-c2cc(C3=C(c4cc(-c5ccc(CC(=O)OC)s5)sc4C)CCC3)c(C)s2)s1. The van der Waals surface area contributed by atoms with E-state index in [2.05, 4.69) is 57.2 Å². The normalized spacial score (nSPS) is 13.4. The highest BCUT2D eigenvalue weighted by Gasteiger charge is 2.24. The summed E-state index contributed by atoms with van der Waals surface area (Å²) < 4.78 is 4.86. The summed E-state index contributed by atoms with van der Waals surface area (Å²) >= 11 is 7.56. The molecule has 236 valence electrons. The molecule has 4 heterocycles. The van der Waals surface area contributed by atoms with E-state index in [0.717, 1.165) is 17.7 Å². The summed E-state index contributed by atoms with van der Waals surface area (Å²) in [6, 6.07) is 13.8. The van der Waals surface area contributed by atoms with Gasteiger partial charge in [0.15, 0.2) is 0 Å². The molecule has 0 aliphatic heterocycles. The van der Waals surface area contributed by atoms with Crippen LogP contribution in [0.1, 0.15) is 121 Å². The lowest BCUT2D eigenvalue weighted by Crippen LogP contribution is -2.02. The molecule has 0 fully saturated rings. The molecule has 2 nitrogen and oxygen atoms in total. The molecule has 0 unspecified atom stereocenters. The summed E-state index contributed by atoms with van der Waals surface area (Å²) in [5.74, 6) is -0.180. The first-order valence-corrected chi connectivity index (χ1v) is 19.9. The molecule has 5 rings (SSSR count). The van der Waals surface area contributed by atoms with E-state index in [1.807, 2.05) is 34.0 Å². The topological polar surface area (TPSA) is 26.3 Å². The van der Waals surface area contributed by atoms with Gasteiger partial charge in [0.05, 0.1) is 13.5 Å². The number of esters is 1. The number of unbranched alkanes of at least 4 members (excludes halogenated alkanes) is 9. The predicted molar refractivity (Wildman–Crippen MR) is 197 cm³/mol. The molecular formula is C38H48O2S4. The third kappa shape index (κ3) is 8.63. The van der Waals surface area contributed by atoms with E-state index in [4.69, 9.17) is 4.74 Å². The highest BCUT2D eigenvalue weighted by atomic mass is 32.1. The summed E-state index contributed by atoms with van der Waals surface area (Å²) in [6.07, 6.45) is 19.1. The zero-order valence-electron chi connectivity index (χ0n) is 27.0. The second kappa shape index (κ2) is 16.5. The number of hydrogen-bond donors (Lipinski definition) is 0. The van der Waals surface area contributed by atoms with Gasteiger partial charge in [0.1, 0.15) is 0 Å². The predicted octanol–water partition coefficient (Wildman–Crippen LogP) is 13.2. The van der Waals surface area contributed by atoms with Crippen molar-refractivity contribution in [2.45, 2.75) is 117 Å². The van der Waals surface area contributed by atoms with Crippen LogP contribution in [0, 0.1) is 13.8 Å². The van der Waals surface area contributed by atoms with Crippen molar-refractivity contribution < 1.29 is 9.53 Å². The lowest BCUT2D eigenvalue weighted by atomic mass is 9.97. The number of ether oxygens (including phenoxy) is 1. The molecule has 0 aromatic carbocycles. The Morgan fingerprint density at radius 3 is 1.70 bits per heavy atom. The fourth-order valence-corrected chi connectivity index (χ4v) is 10.7. The van der Waals surface area contributed by atoms with Gasteiger partial charge in [0, 0.05) is 39.0 Å². The smallest absolute Gasteiger partial charge is 0.310 e. The van der Waals surface area contributed by atoms with Crippen LogP contribution in [0.2, 0.25) is 0 Å². The Bertz CT molecular complexity index is 1540. The number of carbonyl (C=O) groups excluding carboxylic acids is 1. The molecule has 0 saturated heterocycles. The number of allylic oxidation sites excluding steroid dienone is 2. The Hall–Kier alpha value is -1.99. The third-order valence-electron chi connectivity index (χ3n) is 8.84. The van der Waals surface area contributed by atoms with Crippen LogP contribution in [0.15, 0.2) is 36.4 Å². The van der Waals surface area contributed by atoms with Crippen molar-refractivity contribution in [3.63, 3.8) is 0 Å². The molecule has 6 heteroatoms. The zero-order chi connectivity index (χ0) is 30.9. The Morgan fingerprint density at radius 2 is 1.16 bits per heavy atom. The minimum Gasteiger partial charge on any atom is -0.469 e. The largest absolute Gasteiger partial charge is 0.469 e. The molecule has 0 radical (unpaired) electrons. The number of rotatable bonds is 17. The first kappa shape index (κ1) is 33.4. The Morgan fingerprint density at radius 1 is 0.659 bits per heavy atom. The zero-order valence-corrected chi connectivity index (χ0v) is 30.3. The van der Waals surface area contributed by atoms with E-state index in [9.17, 15) is 4.79 Å². The Kier molecular flexibility index (Phi) is 12.5. The van der Waals surface area contributed by atoms with E-state index in [0.29, 0.717) is 6.42 Å². The average molecular weight is 665 g/mol. The first-order chi connectivity index (χ1) is 21.5. The molecule has 0 saturated carbocycles. The van der Waals surface area contributed by atoms with Crippen molar-refractivity contribution >= 4 is 62.5 Å². The van der Waals surface area contributed by atoms with E-state index in [1.54, 1.807) is 16.9 Å². The Labute approximate surface area is 281 Å². The van der Waals surface area contributed by atoms with Crippen LogP contribution in [0.5, 0.6) is 0 Å². The van der Waals surface area contributed by atoms with Gasteiger partial charge in [-0.05, 0) is 105 Å². The van der Waals surface area contributed by atoms with Gasteiger partial charge in [-0.15, -0.1) is 45.3 Å². The van der Waals surface area contributed by atoms with Gasteiger partial charge in [0.2, 0.25) is 0 Å². The molecule has 4 aromatic rings. The van der Waals surface area contributed by atoms with Crippen molar-refractivity contribution in [3.05, 3.63) is 67.0 Å². The lowest BCUT2D eigenvalue weighted by molar-refractivity contribution is -0.139. The van der Waals surface area contributed by atoms with Crippen molar-refractivity contribution in [1.29, 1.82) is 0 Å². The molecule has 0 spiro atoms. The van der Waals surface area contributed by atoms with Crippen molar-refractivity contribution in [2.75, 3.05) is 7.11 Å². The minimum atomic E-state index is -0.180. The maximum Gasteiger partial charge on any atom is 0.310 e. The third-order valence-corrected chi connectivity index (χ3v) is 13.6. The molecule has 44 heavy (non-hydrogen) atoms. The first-order valence-electron chi connectivity index (χ1n) is 16.7. The van der Waals surface area contributed by atoms with Crippen LogP contribution in [0.3, 0.4) is 0 Å².